The molecule has 9 nitrogen and oxygen atoms in total. The number of hydrogen-bond acceptors (Lipinski definition) is 9. The minimum atomic E-state index is -1.77. The van der Waals surface area contributed by atoms with Gasteiger partial charge in [0, 0.05) is 0 Å². The number of esters is 4. The molecule has 0 aromatic heterocycles. The molecular weight excluding hydrogens is 408 g/mol. The normalized spacial score (nSPS) is 11.1. The fourth-order valence-electron chi connectivity index (χ4n) is 2.26. The van der Waals surface area contributed by atoms with Crippen LogP contribution in [0, 0.1) is 0 Å². The van der Waals surface area contributed by atoms with E-state index in [4.69, 9.17) is 18.9 Å². The molecule has 0 aliphatic heterocycles. The molecule has 0 amide bonds. The first kappa shape index (κ1) is 23.6. The first-order valence-corrected chi connectivity index (χ1v) is 9.24. The van der Waals surface area contributed by atoms with Gasteiger partial charge in [0.25, 0.3) is 6.10 Å². The number of carbonyl (C=O) groups is 4. The lowest BCUT2D eigenvalue weighted by Gasteiger charge is -2.14. The molecule has 0 spiro atoms. The summed E-state index contributed by atoms with van der Waals surface area (Å²) in [5.74, 6) is -3.79. The van der Waals surface area contributed by atoms with Gasteiger partial charge < -0.3 is 23.7 Å². The summed E-state index contributed by atoms with van der Waals surface area (Å²) in [5.41, 5.74) is 1.48. The average Bonchev–Trinajstić information content (AvgIpc) is 2.81. The molecule has 2 rings (SSSR count). The smallest absolute Gasteiger partial charge is 0.347 e. The van der Waals surface area contributed by atoms with Crippen LogP contribution in [0.25, 0.3) is 0 Å². The van der Waals surface area contributed by atoms with Crippen LogP contribution in [0.5, 0.6) is 0 Å². The highest BCUT2D eigenvalue weighted by molar-refractivity contribution is 5.98. The van der Waals surface area contributed by atoms with Crippen LogP contribution in [-0.2, 0) is 56.1 Å². The fraction of sp³-hybridized carbons (Fsp3) is 0.273. The molecule has 0 N–H and O–H groups in total. The highest BCUT2D eigenvalue weighted by atomic mass is 16.6. The van der Waals surface area contributed by atoms with Crippen LogP contribution in [0.15, 0.2) is 60.7 Å². The van der Waals surface area contributed by atoms with Gasteiger partial charge in [-0.05, 0) is 11.1 Å². The Morgan fingerprint density at radius 1 is 0.677 bits per heavy atom. The van der Waals surface area contributed by atoms with Gasteiger partial charge in [-0.3, -0.25) is 0 Å². The number of carbonyl (C=O) groups excluding carboxylic acids is 4. The van der Waals surface area contributed by atoms with E-state index in [1.807, 2.05) is 6.07 Å². The number of benzene rings is 2. The lowest BCUT2D eigenvalue weighted by molar-refractivity contribution is -0.177. The average molecular weight is 430 g/mol. The van der Waals surface area contributed by atoms with Gasteiger partial charge in [0.05, 0.1) is 7.11 Å². The maximum Gasteiger partial charge on any atom is 0.347 e. The molecule has 0 aliphatic carbocycles. The van der Waals surface area contributed by atoms with E-state index in [1.165, 1.54) is 0 Å². The Hall–Kier alpha value is -3.72. The number of methoxy groups -OCH3 is 1. The van der Waals surface area contributed by atoms with Crippen LogP contribution in [0.3, 0.4) is 0 Å². The molecule has 0 saturated carbocycles. The van der Waals surface area contributed by atoms with Gasteiger partial charge in [-0.15, -0.1) is 0 Å². The molecule has 0 fully saturated rings. The van der Waals surface area contributed by atoms with E-state index in [0.29, 0.717) is 5.56 Å². The lowest BCUT2D eigenvalue weighted by atomic mass is 10.2. The quantitative estimate of drug-likeness (QED) is 0.298. The molecule has 0 radical (unpaired) electrons. The Bertz CT molecular complexity index is 865. The Morgan fingerprint density at radius 2 is 1.19 bits per heavy atom. The van der Waals surface area contributed by atoms with Gasteiger partial charge in [0.15, 0.2) is 6.61 Å². The van der Waals surface area contributed by atoms with Crippen LogP contribution >= 0.6 is 0 Å². The van der Waals surface area contributed by atoms with Gasteiger partial charge >= 0.3 is 23.9 Å². The molecule has 164 valence electrons. The maximum absolute atomic E-state index is 12.1. The minimum Gasteiger partial charge on any atom is -0.467 e. The van der Waals surface area contributed by atoms with Crippen molar-refractivity contribution in [1.29, 1.82) is 0 Å². The summed E-state index contributed by atoms with van der Waals surface area (Å²) in [4.78, 5) is 47.4. The second-order valence-corrected chi connectivity index (χ2v) is 6.11. The topological polar surface area (TPSA) is 114 Å². The summed E-state index contributed by atoms with van der Waals surface area (Å²) in [7, 11) is 1.06. The molecule has 9 heteroatoms. The molecule has 2 aromatic rings. The van der Waals surface area contributed by atoms with E-state index in [1.54, 1.807) is 54.6 Å². The molecule has 0 aliphatic rings. The summed E-state index contributed by atoms with van der Waals surface area (Å²) in [6.45, 7) is -1.47. The number of rotatable bonds is 11. The van der Waals surface area contributed by atoms with Crippen molar-refractivity contribution >= 4 is 23.9 Å². The van der Waals surface area contributed by atoms with Crippen LogP contribution in [-0.4, -0.2) is 50.3 Å². The van der Waals surface area contributed by atoms with Crippen molar-refractivity contribution in [2.75, 3.05) is 20.3 Å². The van der Waals surface area contributed by atoms with Crippen LogP contribution in [0.2, 0.25) is 0 Å². The SMILES string of the molecule is COC(=O)C(OCC(=O)OCC(=O)OCc1ccccc1)C(=O)OCc1ccccc1. The Morgan fingerprint density at radius 3 is 1.74 bits per heavy atom. The van der Waals surface area contributed by atoms with Gasteiger partial charge in [0.2, 0.25) is 0 Å². The molecule has 0 bridgehead atoms. The summed E-state index contributed by atoms with van der Waals surface area (Å²) in [5, 5.41) is 0. The lowest BCUT2D eigenvalue weighted by Crippen LogP contribution is -2.37. The van der Waals surface area contributed by atoms with Crippen molar-refractivity contribution in [3.05, 3.63) is 71.8 Å². The van der Waals surface area contributed by atoms with Crippen LogP contribution in [0.4, 0.5) is 0 Å². The van der Waals surface area contributed by atoms with Gasteiger partial charge in [0.1, 0.15) is 19.8 Å². The van der Waals surface area contributed by atoms with E-state index in [9.17, 15) is 19.2 Å². The highest BCUT2D eigenvalue weighted by Gasteiger charge is 2.31. The van der Waals surface area contributed by atoms with E-state index < -0.39 is 43.2 Å². The van der Waals surface area contributed by atoms with E-state index >= 15 is 0 Å². The van der Waals surface area contributed by atoms with E-state index in [-0.39, 0.29) is 13.2 Å². The largest absolute Gasteiger partial charge is 0.467 e. The summed E-state index contributed by atoms with van der Waals surface area (Å²) in [6.07, 6.45) is -1.77. The van der Waals surface area contributed by atoms with Crippen molar-refractivity contribution in [3.63, 3.8) is 0 Å². The Balaban J connectivity index is 1.74. The number of hydrogen-bond donors (Lipinski definition) is 0. The van der Waals surface area contributed by atoms with Crippen molar-refractivity contribution in [1.82, 2.24) is 0 Å². The Kier molecular flexibility index (Phi) is 9.70. The third-order valence-corrected chi connectivity index (χ3v) is 3.81. The first-order chi connectivity index (χ1) is 15.0. The van der Waals surface area contributed by atoms with Gasteiger partial charge in [-0.2, -0.15) is 0 Å². The molecule has 0 heterocycles. The zero-order valence-electron chi connectivity index (χ0n) is 16.9. The summed E-state index contributed by atoms with van der Waals surface area (Å²) >= 11 is 0. The molecule has 1 atom stereocenters. The first-order valence-electron chi connectivity index (χ1n) is 9.24. The second kappa shape index (κ2) is 12.8. The van der Waals surface area contributed by atoms with Crippen molar-refractivity contribution in [2.24, 2.45) is 0 Å². The number of ether oxygens (including phenoxy) is 5. The van der Waals surface area contributed by atoms with E-state index in [0.717, 1.165) is 12.7 Å². The highest BCUT2D eigenvalue weighted by Crippen LogP contribution is 2.06. The second-order valence-electron chi connectivity index (χ2n) is 6.11. The monoisotopic (exact) mass is 430 g/mol. The summed E-state index contributed by atoms with van der Waals surface area (Å²) < 4.78 is 24.2. The Labute approximate surface area is 178 Å². The van der Waals surface area contributed by atoms with Gasteiger partial charge in [-0.1, -0.05) is 60.7 Å². The molecule has 2 aromatic carbocycles. The molecule has 0 saturated heterocycles. The van der Waals surface area contributed by atoms with Crippen molar-refractivity contribution in [2.45, 2.75) is 19.3 Å². The summed E-state index contributed by atoms with van der Waals surface area (Å²) in [6, 6.07) is 17.8. The van der Waals surface area contributed by atoms with E-state index in [2.05, 4.69) is 4.74 Å². The predicted molar refractivity (Wildman–Crippen MR) is 105 cm³/mol. The zero-order valence-corrected chi connectivity index (χ0v) is 16.9. The molecule has 31 heavy (non-hydrogen) atoms. The van der Waals surface area contributed by atoms with Crippen LogP contribution < -0.4 is 0 Å². The minimum absolute atomic E-state index is 0.0331. The predicted octanol–water partition coefficient (Wildman–Crippen LogP) is 1.57. The third-order valence-electron chi connectivity index (χ3n) is 3.81. The fourth-order valence-corrected chi connectivity index (χ4v) is 2.26. The molecular formula is C22H22O9. The molecule has 1 unspecified atom stereocenters. The van der Waals surface area contributed by atoms with Crippen molar-refractivity contribution < 1.29 is 42.9 Å². The van der Waals surface area contributed by atoms with Crippen LogP contribution in [0.1, 0.15) is 11.1 Å². The maximum atomic E-state index is 12.1. The third kappa shape index (κ3) is 8.67. The van der Waals surface area contributed by atoms with Gasteiger partial charge in [-0.25, -0.2) is 19.2 Å². The zero-order chi connectivity index (χ0) is 22.5. The van der Waals surface area contributed by atoms with Crippen molar-refractivity contribution in [3.8, 4) is 0 Å². The standard InChI is InChI=1S/C22H22O9/c1-27-21(25)20(22(26)31-13-17-10-6-3-7-11-17)30-15-19(24)29-14-18(23)28-12-16-8-4-2-5-9-16/h2-11,20H,12-15H2,1H3.